The molecule has 1 unspecified atom stereocenters. The minimum absolute atomic E-state index is 0.130. The fourth-order valence-electron chi connectivity index (χ4n) is 3.42. The van der Waals surface area contributed by atoms with Crippen LogP contribution < -0.4 is 0 Å². The number of carbonyl (C=O) groups excluding carboxylic acids is 1. The predicted octanol–water partition coefficient (Wildman–Crippen LogP) is 3.04. The lowest BCUT2D eigenvalue weighted by atomic mass is 9.93. The Kier molecular flexibility index (Phi) is 5.35. The summed E-state index contributed by atoms with van der Waals surface area (Å²) in [6.45, 7) is 3.01. The van der Waals surface area contributed by atoms with Gasteiger partial charge in [0, 0.05) is 25.7 Å². The Morgan fingerprint density at radius 1 is 1.35 bits per heavy atom. The topological polar surface area (TPSA) is 75.4 Å². The second kappa shape index (κ2) is 7.68. The van der Waals surface area contributed by atoms with Gasteiger partial charge in [-0.3, -0.25) is 9.59 Å². The van der Waals surface area contributed by atoms with E-state index in [1.54, 1.807) is 34.8 Å². The summed E-state index contributed by atoms with van der Waals surface area (Å²) < 4.78 is 14.8. The number of carboxylic acid groups (broad SMARTS) is 1. The van der Waals surface area contributed by atoms with Crippen molar-refractivity contribution in [3.05, 3.63) is 47.5 Å². The van der Waals surface area contributed by atoms with E-state index in [-0.39, 0.29) is 24.1 Å². The van der Waals surface area contributed by atoms with Gasteiger partial charge >= 0.3 is 5.97 Å². The van der Waals surface area contributed by atoms with E-state index >= 15 is 0 Å². The largest absolute Gasteiger partial charge is 0.481 e. The van der Waals surface area contributed by atoms with Gasteiger partial charge in [-0.15, -0.1) is 0 Å². The summed E-state index contributed by atoms with van der Waals surface area (Å²) >= 11 is 0. The molecule has 3 rings (SSSR count). The van der Waals surface area contributed by atoms with Crippen LogP contribution in [0.2, 0.25) is 0 Å². The molecule has 0 saturated carbocycles. The summed E-state index contributed by atoms with van der Waals surface area (Å²) in [6.07, 6.45) is 4.22. The first kappa shape index (κ1) is 18.1. The number of halogens is 1. The van der Waals surface area contributed by atoms with Gasteiger partial charge in [-0.05, 0) is 61.9 Å². The highest BCUT2D eigenvalue weighted by molar-refractivity contribution is 5.92. The molecule has 1 aliphatic heterocycles. The van der Waals surface area contributed by atoms with E-state index in [2.05, 4.69) is 5.10 Å². The Morgan fingerprint density at radius 2 is 2.15 bits per heavy atom. The third-order valence-corrected chi connectivity index (χ3v) is 4.79. The zero-order chi connectivity index (χ0) is 18.7. The molecule has 0 bridgehead atoms. The first-order chi connectivity index (χ1) is 12.4. The van der Waals surface area contributed by atoms with Crippen LogP contribution in [0, 0.1) is 18.7 Å². The number of aromatic nitrogens is 2. The zero-order valence-electron chi connectivity index (χ0n) is 14.7. The number of carboxylic acids is 1. The molecule has 1 aromatic carbocycles. The standard InChI is InChI=1S/C19H22FN3O3/c1-13-11-15(20)5-6-17(13)23-10-8-16(21-23)19(26)22-9-2-3-14(12-22)4-7-18(24)25/h5-6,8,10-11,14H,2-4,7,9,12H2,1H3,(H,24,25). The Hall–Kier alpha value is -2.70. The van der Waals surface area contributed by atoms with E-state index in [1.807, 2.05) is 0 Å². The lowest BCUT2D eigenvalue weighted by molar-refractivity contribution is -0.137. The first-order valence-corrected chi connectivity index (χ1v) is 8.77. The van der Waals surface area contributed by atoms with Crippen molar-refractivity contribution in [1.29, 1.82) is 0 Å². The van der Waals surface area contributed by atoms with Crippen molar-refractivity contribution in [2.75, 3.05) is 13.1 Å². The zero-order valence-corrected chi connectivity index (χ0v) is 14.7. The molecular formula is C19H22FN3O3. The monoisotopic (exact) mass is 359 g/mol. The van der Waals surface area contributed by atoms with Gasteiger partial charge in [-0.1, -0.05) is 0 Å². The van der Waals surface area contributed by atoms with E-state index < -0.39 is 5.97 Å². The molecule has 138 valence electrons. The van der Waals surface area contributed by atoms with E-state index in [0.717, 1.165) is 24.1 Å². The molecule has 0 aliphatic carbocycles. The molecule has 2 aromatic rings. The number of nitrogens with zero attached hydrogens (tertiary/aromatic N) is 3. The van der Waals surface area contributed by atoms with E-state index in [1.165, 1.54) is 12.1 Å². The lowest BCUT2D eigenvalue weighted by Crippen LogP contribution is -2.40. The highest BCUT2D eigenvalue weighted by Crippen LogP contribution is 2.22. The van der Waals surface area contributed by atoms with Crippen LogP contribution in [-0.2, 0) is 4.79 Å². The van der Waals surface area contributed by atoms with Crippen LogP contribution >= 0.6 is 0 Å². The number of hydrogen-bond acceptors (Lipinski definition) is 3. The molecule has 1 amide bonds. The van der Waals surface area contributed by atoms with Gasteiger partial charge in [-0.2, -0.15) is 5.10 Å². The normalized spacial score (nSPS) is 17.3. The minimum Gasteiger partial charge on any atom is -0.481 e. The van der Waals surface area contributed by atoms with Crippen molar-refractivity contribution >= 4 is 11.9 Å². The second-order valence-electron chi connectivity index (χ2n) is 6.77. The van der Waals surface area contributed by atoms with Crippen molar-refractivity contribution in [3.8, 4) is 5.69 Å². The number of piperidine rings is 1. The Balaban J connectivity index is 1.70. The first-order valence-electron chi connectivity index (χ1n) is 8.77. The summed E-state index contributed by atoms with van der Waals surface area (Å²) in [4.78, 5) is 25.2. The van der Waals surface area contributed by atoms with Crippen LogP contribution in [0.15, 0.2) is 30.5 Å². The predicted molar refractivity (Wildman–Crippen MR) is 93.8 cm³/mol. The average Bonchev–Trinajstić information content (AvgIpc) is 3.09. The van der Waals surface area contributed by atoms with Crippen molar-refractivity contribution in [2.45, 2.75) is 32.6 Å². The van der Waals surface area contributed by atoms with Crippen molar-refractivity contribution in [2.24, 2.45) is 5.92 Å². The molecule has 6 nitrogen and oxygen atoms in total. The quantitative estimate of drug-likeness (QED) is 0.890. The van der Waals surface area contributed by atoms with Crippen LogP contribution in [0.4, 0.5) is 4.39 Å². The number of aliphatic carboxylic acids is 1. The number of hydrogen-bond donors (Lipinski definition) is 1. The smallest absolute Gasteiger partial charge is 0.303 e. The maximum atomic E-state index is 13.3. The van der Waals surface area contributed by atoms with Gasteiger partial charge in [0.25, 0.3) is 5.91 Å². The Bertz CT molecular complexity index is 818. The summed E-state index contributed by atoms with van der Waals surface area (Å²) in [5.41, 5.74) is 1.80. The van der Waals surface area contributed by atoms with Crippen LogP contribution in [0.25, 0.3) is 5.69 Å². The molecule has 1 aromatic heterocycles. The van der Waals surface area contributed by atoms with Gasteiger partial charge in [0.2, 0.25) is 0 Å². The maximum absolute atomic E-state index is 13.3. The summed E-state index contributed by atoms with van der Waals surface area (Å²) in [5.74, 6) is -1.05. The van der Waals surface area contributed by atoms with Gasteiger partial charge in [0.1, 0.15) is 5.82 Å². The average molecular weight is 359 g/mol. The van der Waals surface area contributed by atoms with Crippen LogP contribution in [0.5, 0.6) is 0 Å². The fourth-order valence-corrected chi connectivity index (χ4v) is 3.42. The van der Waals surface area contributed by atoms with Crippen molar-refractivity contribution in [3.63, 3.8) is 0 Å². The molecule has 0 radical (unpaired) electrons. The molecule has 1 aliphatic rings. The summed E-state index contributed by atoms with van der Waals surface area (Å²) in [5, 5.41) is 13.2. The van der Waals surface area contributed by atoms with Gasteiger partial charge < -0.3 is 10.0 Å². The number of likely N-dealkylation sites (tertiary alicyclic amines) is 1. The highest BCUT2D eigenvalue weighted by atomic mass is 19.1. The number of amides is 1. The van der Waals surface area contributed by atoms with Gasteiger partial charge in [0.15, 0.2) is 5.69 Å². The van der Waals surface area contributed by atoms with E-state index in [9.17, 15) is 14.0 Å². The number of benzene rings is 1. The van der Waals surface area contributed by atoms with Crippen LogP contribution in [0.3, 0.4) is 0 Å². The molecule has 1 atom stereocenters. The molecule has 1 saturated heterocycles. The van der Waals surface area contributed by atoms with Crippen molar-refractivity contribution in [1.82, 2.24) is 14.7 Å². The third kappa shape index (κ3) is 4.09. The Labute approximate surface area is 151 Å². The second-order valence-corrected chi connectivity index (χ2v) is 6.77. The van der Waals surface area contributed by atoms with Gasteiger partial charge in [-0.25, -0.2) is 9.07 Å². The molecule has 1 fully saturated rings. The number of aryl methyl sites for hydroxylation is 1. The van der Waals surface area contributed by atoms with Crippen molar-refractivity contribution < 1.29 is 19.1 Å². The van der Waals surface area contributed by atoms with Crippen LogP contribution in [0.1, 0.15) is 41.7 Å². The maximum Gasteiger partial charge on any atom is 0.303 e. The Morgan fingerprint density at radius 3 is 2.88 bits per heavy atom. The SMILES string of the molecule is Cc1cc(F)ccc1-n1ccc(C(=O)N2CCCC(CCC(=O)O)C2)n1. The highest BCUT2D eigenvalue weighted by Gasteiger charge is 2.26. The fraction of sp³-hybridized carbons (Fsp3) is 0.421. The number of carbonyl (C=O) groups is 2. The van der Waals surface area contributed by atoms with Crippen LogP contribution in [-0.4, -0.2) is 44.8 Å². The molecule has 7 heteroatoms. The number of rotatable bonds is 5. The lowest BCUT2D eigenvalue weighted by Gasteiger charge is -2.32. The van der Waals surface area contributed by atoms with E-state index in [4.69, 9.17) is 5.11 Å². The van der Waals surface area contributed by atoms with Gasteiger partial charge in [0.05, 0.1) is 5.69 Å². The molecule has 0 spiro atoms. The molecule has 2 heterocycles. The molecule has 26 heavy (non-hydrogen) atoms. The summed E-state index contributed by atoms with van der Waals surface area (Å²) in [6, 6.07) is 6.08. The minimum atomic E-state index is -0.804. The van der Waals surface area contributed by atoms with E-state index in [0.29, 0.717) is 25.2 Å². The summed E-state index contributed by atoms with van der Waals surface area (Å²) in [7, 11) is 0. The molecular weight excluding hydrogens is 337 g/mol. The molecule has 1 N–H and O–H groups in total. The third-order valence-electron chi connectivity index (χ3n) is 4.79.